The molecule has 1 aliphatic rings. The van der Waals surface area contributed by atoms with E-state index < -0.39 is 0 Å². The lowest BCUT2D eigenvalue weighted by molar-refractivity contribution is -0.137. The van der Waals surface area contributed by atoms with Crippen LogP contribution >= 0.6 is 0 Å². The second-order valence-electron chi connectivity index (χ2n) is 5.31. The van der Waals surface area contributed by atoms with E-state index in [2.05, 4.69) is 5.10 Å². The predicted octanol–water partition coefficient (Wildman–Crippen LogP) is 3.31. The van der Waals surface area contributed by atoms with Gasteiger partial charge in [-0.25, -0.2) is 9.48 Å². The van der Waals surface area contributed by atoms with E-state index in [0.29, 0.717) is 6.61 Å². The first-order chi connectivity index (χ1) is 10.8. The quantitative estimate of drug-likeness (QED) is 0.642. The van der Waals surface area contributed by atoms with Crippen LogP contribution in [0.3, 0.4) is 0 Å². The molecule has 1 unspecified atom stereocenters. The van der Waals surface area contributed by atoms with E-state index in [1.807, 2.05) is 29.1 Å². The van der Waals surface area contributed by atoms with E-state index in [9.17, 15) is 4.79 Å². The van der Waals surface area contributed by atoms with Crippen LogP contribution in [0.5, 0.6) is 0 Å². The van der Waals surface area contributed by atoms with Gasteiger partial charge in [-0.15, -0.1) is 0 Å². The first-order valence-electron chi connectivity index (χ1n) is 7.71. The zero-order valence-corrected chi connectivity index (χ0v) is 12.7. The minimum atomic E-state index is -0.325. The second kappa shape index (κ2) is 6.75. The zero-order chi connectivity index (χ0) is 15.4. The Kier molecular flexibility index (Phi) is 4.53. The molecule has 1 atom stereocenters. The zero-order valence-electron chi connectivity index (χ0n) is 12.7. The standard InChI is InChI=1S/C17H20N2O3/c1-2-21-17(20)9-7-13-6-8-15-14(11-13)12-18-19(15)16-5-3-4-10-22-16/h6-9,11-12,16H,2-5,10H2,1H3. The first kappa shape index (κ1) is 14.8. The maximum absolute atomic E-state index is 11.3. The number of hydrogen-bond acceptors (Lipinski definition) is 4. The van der Waals surface area contributed by atoms with Crippen LogP contribution in [0, 0.1) is 0 Å². The number of carbonyl (C=O) groups is 1. The summed E-state index contributed by atoms with van der Waals surface area (Å²) < 4.78 is 12.6. The number of rotatable bonds is 4. The van der Waals surface area contributed by atoms with Crippen molar-refractivity contribution in [3.8, 4) is 0 Å². The highest BCUT2D eigenvalue weighted by Gasteiger charge is 2.18. The molecule has 22 heavy (non-hydrogen) atoms. The Morgan fingerprint density at radius 1 is 1.50 bits per heavy atom. The van der Waals surface area contributed by atoms with Gasteiger partial charge >= 0.3 is 5.97 Å². The lowest BCUT2D eigenvalue weighted by atomic mass is 10.1. The van der Waals surface area contributed by atoms with Gasteiger partial charge in [-0.3, -0.25) is 0 Å². The molecule has 0 saturated carbocycles. The molecule has 2 heterocycles. The number of fused-ring (bicyclic) bond motifs is 1. The van der Waals surface area contributed by atoms with E-state index in [1.165, 1.54) is 12.5 Å². The van der Waals surface area contributed by atoms with Crippen LogP contribution in [0.25, 0.3) is 17.0 Å². The average Bonchev–Trinajstić information content (AvgIpc) is 2.97. The molecule has 0 N–H and O–H groups in total. The maximum atomic E-state index is 11.3. The van der Waals surface area contributed by atoms with Crippen molar-refractivity contribution in [3.05, 3.63) is 36.0 Å². The SMILES string of the molecule is CCOC(=O)C=Cc1ccc2c(cnn2C2CCCCO2)c1. The highest BCUT2D eigenvalue weighted by Crippen LogP contribution is 2.26. The third kappa shape index (κ3) is 3.20. The summed E-state index contributed by atoms with van der Waals surface area (Å²) in [5, 5.41) is 5.50. The minimum absolute atomic E-state index is 0.0344. The summed E-state index contributed by atoms with van der Waals surface area (Å²) in [6.07, 6.45) is 8.37. The molecule has 0 bridgehead atoms. The fourth-order valence-corrected chi connectivity index (χ4v) is 2.68. The summed E-state index contributed by atoms with van der Waals surface area (Å²) in [7, 11) is 0. The smallest absolute Gasteiger partial charge is 0.330 e. The number of benzene rings is 1. The molecule has 5 nitrogen and oxygen atoms in total. The Labute approximate surface area is 129 Å². The topological polar surface area (TPSA) is 53.3 Å². The Morgan fingerprint density at radius 2 is 2.41 bits per heavy atom. The summed E-state index contributed by atoms with van der Waals surface area (Å²) in [5.74, 6) is -0.325. The normalized spacial score (nSPS) is 18.9. The maximum Gasteiger partial charge on any atom is 0.330 e. The van der Waals surface area contributed by atoms with E-state index >= 15 is 0 Å². The monoisotopic (exact) mass is 300 g/mol. The van der Waals surface area contributed by atoms with Crippen LogP contribution in [-0.4, -0.2) is 29.0 Å². The number of nitrogens with zero attached hydrogens (tertiary/aromatic N) is 2. The van der Waals surface area contributed by atoms with Gasteiger partial charge in [-0.2, -0.15) is 5.10 Å². The summed E-state index contributed by atoms with van der Waals surface area (Å²) >= 11 is 0. The molecule has 1 saturated heterocycles. The lowest BCUT2D eigenvalue weighted by Gasteiger charge is -2.23. The molecule has 0 amide bonds. The van der Waals surface area contributed by atoms with E-state index in [0.717, 1.165) is 35.9 Å². The molecular weight excluding hydrogens is 280 g/mol. The molecule has 1 aromatic carbocycles. The largest absolute Gasteiger partial charge is 0.463 e. The first-order valence-corrected chi connectivity index (χ1v) is 7.71. The van der Waals surface area contributed by atoms with Gasteiger partial charge < -0.3 is 9.47 Å². The van der Waals surface area contributed by atoms with Gasteiger partial charge in [0, 0.05) is 18.1 Å². The predicted molar refractivity (Wildman–Crippen MR) is 84.2 cm³/mol. The van der Waals surface area contributed by atoms with Crippen LogP contribution in [0.15, 0.2) is 30.5 Å². The van der Waals surface area contributed by atoms with Gasteiger partial charge in [-0.05, 0) is 50.0 Å². The van der Waals surface area contributed by atoms with Gasteiger partial charge in [0.1, 0.15) is 0 Å². The number of esters is 1. The molecule has 1 aliphatic heterocycles. The van der Waals surface area contributed by atoms with Crippen LogP contribution in [0.2, 0.25) is 0 Å². The van der Waals surface area contributed by atoms with Gasteiger partial charge in [-0.1, -0.05) is 6.07 Å². The molecule has 1 fully saturated rings. The van der Waals surface area contributed by atoms with Crippen molar-refractivity contribution in [1.82, 2.24) is 9.78 Å². The van der Waals surface area contributed by atoms with E-state index in [4.69, 9.17) is 9.47 Å². The van der Waals surface area contributed by atoms with Crippen molar-refractivity contribution < 1.29 is 14.3 Å². The van der Waals surface area contributed by atoms with Crippen molar-refractivity contribution in [3.63, 3.8) is 0 Å². The third-order valence-electron chi connectivity index (χ3n) is 3.75. The molecule has 5 heteroatoms. The number of hydrogen-bond donors (Lipinski definition) is 0. The Balaban J connectivity index is 1.81. The lowest BCUT2D eigenvalue weighted by Crippen LogP contribution is -2.18. The Hall–Kier alpha value is -2.14. The minimum Gasteiger partial charge on any atom is -0.463 e. The second-order valence-corrected chi connectivity index (χ2v) is 5.31. The summed E-state index contributed by atoms with van der Waals surface area (Å²) in [6, 6.07) is 6.00. The van der Waals surface area contributed by atoms with Gasteiger partial charge in [0.2, 0.25) is 0 Å². The average molecular weight is 300 g/mol. The van der Waals surface area contributed by atoms with Crippen LogP contribution < -0.4 is 0 Å². The molecule has 3 rings (SSSR count). The Morgan fingerprint density at radius 3 is 3.18 bits per heavy atom. The summed E-state index contributed by atoms with van der Waals surface area (Å²) in [5.41, 5.74) is 2.00. The molecule has 1 aromatic heterocycles. The molecule has 116 valence electrons. The summed E-state index contributed by atoms with van der Waals surface area (Å²) in [4.78, 5) is 11.3. The number of ether oxygens (including phenoxy) is 2. The van der Waals surface area contributed by atoms with Gasteiger partial charge in [0.25, 0.3) is 0 Å². The molecule has 0 spiro atoms. The highest BCUT2D eigenvalue weighted by molar-refractivity contribution is 5.88. The summed E-state index contributed by atoms with van der Waals surface area (Å²) in [6.45, 7) is 2.97. The fraction of sp³-hybridized carbons (Fsp3) is 0.412. The number of carbonyl (C=O) groups excluding carboxylic acids is 1. The fourth-order valence-electron chi connectivity index (χ4n) is 2.68. The Bertz CT molecular complexity index is 684. The van der Waals surface area contributed by atoms with E-state index in [1.54, 1.807) is 13.0 Å². The van der Waals surface area contributed by atoms with Crippen LogP contribution in [0.1, 0.15) is 38.0 Å². The van der Waals surface area contributed by atoms with E-state index in [-0.39, 0.29) is 12.2 Å². The highest BCUT2D eigenvalue weighted by atomic mass is 16.5. The van der Waals surface area contributed by atoms with Crippen molar-refractivity contribution in [2.45, 2.75) is 32.4 Å². The van der Waals surface area contributed by atoms with Crippen LogP contribution in [-0.2, 0) is 14.3 Å². The van der Waals surface area contributed by atoms with Gasteiger partial charge in [0.15, 0.2) is 6.23 Å². The number of aromatic nitrogens is 2. The van der Waals surface area contributed by atoms with Crippen LogP contribution in [0.4, 0.5) is 0 Å². The van der Waals surface area contributed by atoms with Crippen molar-refractivity contribution >= 4 is 22.9 Å². The third-order valence-corrected chi connectivity index (χ3v) is 3.75. The molecular formula is C17H20N2O3. The molecule has 0 radical (unpaired) electrons. The van der Waals surface area contributed by atoms with Crippen molar-refractivity contribution in [2.75, 3.05) is 13.2 Å². The van der Waals surface area contributed by atoms with Crippen molar-refractivity contribution in [2.24, 2.45) is 0 Å². The van der Waals surface area contributed by atoms with Crippen molar-refractivity contribution in [1.29, 1.82) is 0 Å². The molecule has 0 aliphatic carbocycles. The molecule has 2 aromatic rings. The van der Waals surface area contributed by atoms with Gasteiger partial charge in [0.05, 0.1) is 18.3 Å².